The van der Waals surface area contributed by atoms with Gasteiger partial charge in [0.25, 0.3) is 5.91 Å². The molecule has 0 radical (unpaired) electrons. The average molecular weight is 485 g/mol. The van der Waals surface area contributed by atoms with Crippen LogP contribution in [0.15, 0.2) is 79.0 Å². The number of aromatic nitrogens is 2. The summed E-state index contributed by atoms with van der Waals surface area (Å²) in [6.07, 6.45) is 1.59. The first-order chi connectivity index (χ1) is 17.6. The summed E-state index contributed by atoms with van der Waals surface area (Å²) in [7, 11) is 1.57. The van der Waals surface area contributed by atoms with Crippen LogP contribution in [-0.2, 0) is 16.1 Å². The first kappa shape index (κ1) is 23.0. The van der Waals surface area contributed by atoms with Crippen molar-refractivity contribution >= 4 is 11.9 Å². The smallest absolute Gasteiger partial charge is 0.342 e. The zero-order chi connectivity index (χ0) is 24.9. The SMILES string of the molecule is COc1cccc(-c2nn(-c3ccccc3)cc2C(=O)OCC(=O)NCc2ccc3c(c2)OCO3)c1. The zero-order valence-corrected chi connectivity index (χ0v) is 19.5. The lowest BCUT2D eigenvalue weighted by atomic mass is 10.1. The molecule has 0 saturated heterocycles. The highest BCUT2D eigenvalue weighted by atomic mass is 16.7. The molecule has 0 spiro atoms. The molecule has 0 saturated carbocycles. The maximum Gasteiger partial charge on any atom is 0.342 e. The number of nitrogens with one attached hydrogen (secondary N) is 1. The van der Waals surface area contributed by atoms with Crippen molar-refractivity contribution in [2.45, 2.75) is 6.54 Å². The number of carbonyl (C=O) groups excluding carboxylic acids is 2. The third-order valence-electron chi connectivity index (χ3n) is 5.56. The molecule has 5 rings (SSSR count). The van der Waals surface area contributed by atoms with Crippen molar-refractivity contribution in [3.8, 4) is 34.2 Å². The predicted molar refractivity (Wildman–Crippen MR) is 130 cm³/mol. The van der Waals surface area contributed by atoms with E-state index in [0.717, 1.165) is 11.3 Å². The van der Waals surface area contributed by atoms with Gasteiger partial charge in [0, 0.05) is 18.3 Å². The van der Waals surface area contributed by atoms with Crippen molar-refractivity contribution in [2.24, 2.45) is 0 Å². The molecule has 2 heterocycles. The number of hydrogen-bond donors (Lipinski definition) is 1. The van der Waals surface area contributed by atoms with E-state index >= 15 is 0 Å². The molecule has 36 heavy (non-hydrogen) atoms. The minimum Gasteiger partial charge on any atom is -0.497 e. The highest BCUT2D eigenvalue weighted by Crippen LogP contribution is 2.32. The molecule has 0 atom stereocenters. The Kier molecular flexibility index (Phi) is 6.53. The van der Waals surface area contributed by atoms with Crippen LogP contribution in [0.1, 0.15) is 15.9 Å². The van der Waals surface area contributed by atoms with E-state index in [1.54, 1.807) is 42.3 Å². The summed E-state index contributed by atoms with van der Waals surface area (Å²) in [6.45, 7) is 0.00514. The second-order valence-corrected chi connectivity index (χ2v) is 7.94. The van der Waals surface area contributed by atoms with E-state index in [1.165, 1.54) is 0 Å². The number of nitrogens with zero attached hydrogens (tertiary/aromatic N) is 2. The number of ether oxygens (including phenoxy) is 4. The Morgan fingerprint density at radius 3 is 2.67 bits per heavy atom. The molecule has 0 unspecified atom stereocenters. The number of rotatable bonds is 8. The van der Waals surface area contributed by atoms with Gasteiger partial charge in [-0.25, -0.2) is 9.48 Å². The summed E-state index contributed by atoms with van der Waals surface area (Å²) in [5.41, 5.74) is 2.95. The third kappa shape index (κ3) is 5.00. The third-order valence-corrected chi connectivity index (χ3v) is 5.56. The average Bonchev–Trinajstić information content (AvgIpc) is 3.58. The van der Waals surface area contributed by atoms with Crippen molar-refractivity contribution in [1.82, 2.24) is 15.1 Å². The van der Waals surface area contributed by atoms with Crippen LogP contribution in [0.4, 0.5) is 0 Å². The lowest BCUT2D eigenvalue weighted by molar-refractivity contribution is -0.124. The van der Waals surface area contributed by atoms with Gasteiger partial charge in [0.1, 0.15) is 17.0 Å². The predicted octanol–water partition coefficient (Wildman–Crippen LogP) is 3.75. The topological polar surface area (TPSA) is 101 Å². The molecule has 0 aliphatic carbocycles. The molecular weight excluding hydrogens is 462 g/mol. The molecule has 1 aliphatic rings. The number of benzene rings is 3. The highest BCUT2D eigenvalue weighted by Gasteiger charge is 2.21. The van der Waals surface area contributed by atoms with Gasteiger partial charge in [0.05, 0.1) is 12.8 Å². The first-order valence-corrected chi connectivity index (χ1v) is 11.2. The normalized spacial score (nSPS) is 11.7. The number of carbonyl (C=O) groups is 2. The molecule has 4 aromatic rings. The second-order valence-electron chi connectivity index (χ2n) is 7.94. The molecule has 0 fully saturated rings. The van der Waals surface area contributed by atoms with Crippen LogP contribution in [0, 0.1) is 0 Å². The fourth-order valence-corrected chi connectivity index (χ4v) is 3.73. The monoisotopic (exact) mass is 485 g/mol. The molecule has 3 aromatic carbocycles. The number of esters is 1. The Bertz CT molecular complexity index is 1400. The van der Waals surface area contributed by atoms with E-state index in [2.05, 4.69) is 10.4 Å². The standard InChI is InChI=1S/C27H23N3O6/c1-33-21-9-5-6-19(13-21)26-22(15-30(29-26)20-7-3-2-4-8-20)27(32)34-16-25(31)28-14-18-10-11-23-24(12-18)36-17-35-23/h2-13,15H,14,16-17H2,1H3,(H,28,31). The van der Waals surface area contributed by atoms with Gasteiger partial charge in [-0.1, -0.05) is 36.4 Å². The maximum absolute atomic E-state index is 13.0. The Hall–Kier alpha value is -4.79. The van der Waals surface area contributed by atoms with Crippen LogP contribution in [-0.4, -0.2) is 42.2 Å². The van der Waals surface area contributed by atoms with Crippen LogP contribution in [0.25, 0.3) is 16.9 Å². The van der Waals surface area contributed by atoms with E-state index in [9.17, 15) is 9.59 Å². The van der Waals surface area contributed by atoms with Gasteiger partial charge in [-0.15, -0.1) is 0 Å². The molecule has 182 valence electrons. The summed E-state index contributed by atoms with van der Waals surface area (Å²) >= 11 is 0. The number of methoxy groups -OCH3 is 1. The number of para-hydroxylation sites is 1. The quantitative estimate of drug-likeness (QED) is 0.379. The van der Waals surface area contributed by atoms with Crippen LogP contribution in [0.5, 0.6) is 17.2 Å². The fraction of sp³-hybridized carbons (Fsp3) is 0.148. The van der Waals surface area contributed by atoms with E-state index in [0.29, 0.717) is 28.5 Å². The Morgan fingerprint density at radius 1 is 1.00 bits per heavy atom. The van der Waals surface area contributed by atoms with Gasteiger partial charge in [0.2, 0.25) is 6.79 Å². The van der Waals surface area contributed by atoms with Gasteiger partial charge in [-0.2, -0.15) is 5.10 Å². The summed E-state index contributed by atoms with van der Waals surface area (Å²) in [6, 6.07) is 22.1. The van der Waals surface area contributed by atoms with E-state index in [-0.39, 0.29) is 18.9 Å². The lowest BCUT2D eigenvalue weighted by Crippen LogP contribution is -2.28. The van der Waals surface area contributed by atoms with Gasteiger partial charge >= 0.3 is 5.97 Å². The van der Waals surface area contributed by atoms with Crippen molar-refractivity contribution in [3.63, 3.8) is 0 Å². The van der Waals surface area contributed by atoms with Crippen molar-refractivity contribution in [1.29, 1.82) is 0 Å². The van der Waals surface area contributed by atoms with Crippen molar-refractivity contribution < 1.29 is 28.5 Å². The van der Waals surface area contributed by atoms with Gasteiger partial charge in [0.15, 0.2) is 18.1 Å². The molecular formula is C27H23N3O6. The first-order valence-electron chi connectivity index (χ1n) is 11.2. The molecule has 9 heteroatoms. The number of amides is 1. The van der Waals surface area contributed by atoms with E-state index in [1.807, 2.05) is 48.5 Å². The molecule has 9 nitrogen and oxygen atoms in total. The zero-order valence-electron chi connectivity index (χ0n) is 19.5. The minimum atomic E-state index is -0.659. The molecule has 1 aromatic heterocycles. The van der Waals surface area contributed by atoms with Crippen molar-refractivity contribution in [2.75, 3.05) is 20.5 Å². The van der Waals surface area contributed by atoms with E-state index in [4.69, 9.17) is 18.9 Å². The fourth-order valence-electron chi connectivity index (χ4n) is 3.73. The summed E-state index contributed by atoms with van der Waals surface area (Å²) in [5, 5.41) is 7.36. The maximum atomic E-state index is 13.0. The Morgan fingerprint density at radius 2 is 1.83 bits per heavy atom. The van der Waals surface area contributed by atoms with Crippen LogP contribution in [0.2, 0.25) is 0 Å². The molecule has 1 N–H and O–H groups in total. The second kappa shape index (κ2) is 10.2. The van der Waals surface area contributed by atoms with Gasteiger partial charge in [-0.05, 0) is 42.0 Å². The van der Waals surface area contributed by atoms with Crippen LogP contribution < -0.4 is 19.5 Å². The molecule has 1 aliphatic heterocycles. The minimum absolute atomic E-state index is 0.180. The van der Waals surface area contributed by atoms with Crippen LogP contribution >= 0.6 is 0 Å². The number of fused-ring (bicyclic) bond motifs is 1. The Balaban J connectivity index is 1.29. The van der Waals surface area contributed by atoms with Crippen molar-refractivity contribution in [3.05, 3.63) is 90.1 Å². The van der Waals surface area contributed by atoms with Crippen LogP contribution in [0.3, 0.4) is 0 Å². The largest absolute Gasteiger partial charge is 0.497 e. The highest BCUT2D eigenvalue weighted by molar-refractivity contribution is 5.97. The van der Waals surface area contributed by atoms with E-state index < -0.39 is 18.5 Å². The Labute approximate surface area is 207 Å². The van der Waals surface area contributed by atoms with Gasteiger partial charge in [-0.3, -0.25) is 4.79 Å². The lowest BCUT2D eigenvalue weighted by Gasteiger charge is -2.08. The summed E-state index contributed by atoms with van der Waals surface area (Å²) < 4.78 is 22.9. The molecule has 1 amide bonds. The van der Waals surface area contributed by atoms with Gasteiger partial charge < -0.3 is 24.3 Å². The number of hydrogen-bond acceptors (Lipinski definition) is 7. The molecule has 0 bridgehead atoms. The summed E-state index contributed by atoms with van der Waals surface area (Å²) in [4.78, 5) is 25.4. The summed E-state index contributed by atoms with van der Waals surface area (Å²) in [5.74, 6) is 0.840.